The van der Waals surface area contributed by atoms with Gasteiger partial charge in [-0.25, -0.2) is 9.80 Å². The second kappa shape index (κ2) is 7.47. The van der Waals surface area contributed by atoms with E-state index in [1.165, 1.54) is 11.8 Å². The number of hydrogen-bond acceptors (Lipinski definition) is 4. The quantitative estimate of drug-likeness (QED) is 0.875. The van der Waals surface area contributed by atoms with Gasteiger partial charge in [0.1, 0.15) is 0 Å². The van der Waals surface area contributed by atoms with Crippen molar-refractivity contribution in [3.05, 3.63) is 35.4 Å². The Morgan fingerprint density at radius 1 is 1.33 bits per heavy atom. The van der Waals surface area contributed by atoms with Crippen LogP contribution in [0.25, 0.3) is 0 Å². The van der Waals surface area contributed by atoms with Gasteiger partial charge in [-0.3, -0.25) is 9.80 Å². The van der Waals surface area contributed by atoms with Gasteiger partial charge in [-0.2, -0.15) is 0 Å². The molecule has 21 heavy (non-hydrogen) atoms. The number of carbonyl (C=O) groups is 2. The molecule has 0 radical (unpaired) electrons. The molecule has 0 aliphatic carbocycles. The summed E-state index contributed by atoms with van der Waals surface area (Å²) in [6, 6.07) is 6.93. The molecular weight excluding hydrogens is 288 g/mol. The molecule has 1 heterocycles. The second-order valence-corrected chi connectivity index (χ2v) is 5.94. The van der Waals surface area contributed by atoms with E-state index in [0.29, 0.717) is 12.1 Å². The topological polar surface area (TPSA) is 60.9 Å². The lowest BCUT2D eigenvalue weighted by Crippen LogP contribution is -2.49. The number of aromatic carboxylic acids is 1. The number of thioether (sulfide) groups is 1. The molecule has 0 atom stereocenters. The first-order valence-electron chi connectivity index (χ1n) is 7.13. The highest BCUT2D eigenvalue weighted by molar-refractivity contribution is 8.13. The summed E-state index contributed by atoms with van der Waals surface area (Å²) < 4.78 is 0. The third-order valence-corrected chi connectivity index (χ3v) is 4.37. The largest absolute Gasteiger partial charge is 0.478 e. The van der Waals surface area contributed by atoms with E-state index in [2.05, 4.69) is 11.9 Å². The lowest BCUT2D eigenvalue weighted by Gasteiger charge is -2.37. The van der Waals surface area contributed by atoms with E-state index in [0.717, 1.165) is 37.2 Å². The minimum atomic E-state index is -0.906. The maximum Gasteiger partial charge on any atom is 0.335 e. The molecule has 1 N–H and O–H groups in total. The molecule has 1 aromatic rings. The van der Waals surface area contributed by atoms with Crippen molar-refractivity contribution >= 4 is 23.0 Å². The Hall–Kier alpha value is -1.53. The van der Waals surface area contributed by atoms with Gasteiger partial charge in [0.2, 0.25) is 0 Å². The minimum absolute atomic E-state index is 0.129. The average Bonchev–Trinajstić information content (AvgIpc) is 2.49. The summed E-state index contributed by atoms with van der Waals surface area (Å²) in [6.07, 6.45) is 1.71. The molecule has 1 saturated heterocycles. The van der Waals surface area contributed by atoms with Crippen molar-refractivity contribution in [1.82, 2.24) is 10.0 Å². The van der Waals surface area contributed by atoms with Crippen molar-refractivity contribution in [1.29, 1.82) is 0 Å². The Bertz CT molecular complexity index is 504. The first-order valence-corrected chi connectivity index (χ1v) is 8.11. The van der Waals surface area contributed by atoms with Gasteiger partial charge < -0.3 is 5.11 Å². The van der Waals surface area contributed by atoms with Crippen molar-refractivity contribution in [3.63, 3.8) is 0 Å². The molecule has 1 fully saturated rings. The van der Waals surface area contributed by atoms with Crippen molar-refractivity contribution in [3.8, 4) is 0 Å². The van der Waals surface area contributed by atoms with E-state index < -0.39 is 5.97 Å². The fourth-order valence-electron chi connectivity index (χ4n) is 2.36. The standard InChI is InChI=1S/C15H20N2O3S/c1-2-16-10-11-21-15(20)17(16)9-3-4-12-5-7-13(8-6-12)14(18)19/h5-8H,2-4,9-11H2,1H3,(H,18,19). The lowest BCUT2D eigenvalue weighted by molar-refractivity contribution is 0.0318. The van der Waals surface area contributed by atoms with Crippen molar-refractivity contribution in [2.24, 2.45) is 0 Å². The first-order chi connectivity index (χ1) is 10.1. The van der Waals surface area contributed by atoms with Crippen LogP contribution in [0.5, 0.6) is 0 Å². The molecule has 1 aliphatic rings. The number of amides is 1. The van der Waals surface area contributed by atoms with Crippen molar-refractivity contribution < 1.29 is 14.7 Å². The highest BCUT2D eigenvalue weighted by Crippen LogP contribution is 2.19. The normalized spacial score (nSPS) is 16.2. The zero-order chi connectivity index (χ0) is 15.2. The van der Waals surface area contributed by atoms with Gasteiger partial charge in [-0.1, -0.05) is 30.8 Å². The van der Waals surface area contributed by atoms with Gasteiger partial charge in [-0.05, 0) is 30.5 Å². The molecule has 2 rings (SSSR count). The third-order valence-electron chi connectivity index (χ3n) is 3.53. The zero-order valence-electron chi connectivity index (χ0n) is 12.1. The van der Waals surface area contributed by atoms with Crippen LogP contribution in [0, 0.1) is 0 Å². The Kier molecular flexibility index (Phi) is 5.64. The fraction of sp³-hybridized carbons (Fsp3) is 0.467. The van der Waals surface area contributed by atoms with Gasteiger partial charge in [0.15, 0.2) is 0 Å². The summed E-state index contributed by atoms with van der Waals surface area (Å²) in [5, 5.41) is 12.9. The third kappa shape index (κ3) is 4.22. The minimum Gasteiger partial charge on any atom is -0.478 e. The molecular formula is C15H20N2O3S. The number of aryl methyl sites for hydroxylation is 1. The highest BCUT2D eigenvalue weighted by Gasteiger charge is 2.24. The van der Waals surface area contributed by atoms with Crippen LogP contribution in [-0.2, 0) is 6.42 Å². The number of carboxylic acids is 1. The summed E-state index contributed by atoms with van der Waals surface area (Å²) in [6.45, 7) is 4.53. The molecule has 114 valence electrons. The van der Waals surface area contributed by atoms with Gasteiger partial charge in [0, 0.05) is 25.4 Å². The molecule has 5 nitrogen and oxygen atoms in total. The summed E-state index contributed by atoms with van der Waals surface area (Å²) in [4.78, 5) is 22.7. The predicted octanol–water partition coefficient (Wildman–Crippen LogP) is 2.72. The van der Waals surface area contributed by atoms with E-state index in [1.807, 2.05) is 17.1 Å². The van der Waals surface area contributed by atoms with Crippen LogP contribution in [0.15, 0.2) is 24.3 Å². The number of carboxylic acid groups (broad SMARTS) is 1. The van der Waals surface area contributed by atoms with Gasteiger partial charge in [-0.15, -0.1) is 0 Å². The van der Waals surface area contributed by atoms with Crippen LogP contribution < -0.4 is 0 Å². The van der Waals surface area contributed by atoms with Crippen LogP contribution in [0.4, 0.5) is 4.79 Å². The number of benzene rings is 1. The van der Waals surface area contributed by atoms with Crippen molar-refractivity contribution in [2.45, 2.75) is 19.8 Å². The molecule has 0 aromatic heterocycles. The number of hydrazine groups is 1. The Morgan fingerprint density at radius 3 is 2.67 bits per heavy atom. The maximum absolute atomic E-state index is 11.9. The molecule has 0 spiro atoms. The highest BCUT2D eigenvalue weighted by atomic mass is 32.2. The zero-order valence-corrected chi connectivity index (χ0v) is 12.9. The van der Waals surface area contributed by atoms with Crippen LogP contribution in [0.3, 0.4) is 0 Å². The van der Waals surface area contributed by atoms with Crippen LogP contribution in [-0.4, -0.2) is 51.7 Å². The molecule has 1 aliphatic heterocycles. The lowest BCUT2D eigenvalue weighted by atomic mass is 10.1. The predicted molar refractivity (Wildman–Crippen MR) is 83.5 cm³/mol. The van der Waals surface area contributed by atoms with Crippen LogP contribution in [0.2, 0.25) is 0 Å². The first kappa shape index (κ1) is 15.9. The molecule has 0 bridgehead atoms. The van der Waals surface area contributed by atoms with Crippen LogP contribution in [0.1, 0.15) is 29.3 Å². The monoisotopic (exact) mass is 308 g/mol. The van der Waals surface area contributed by atoms with Crippen LogP contribution >= 0.6 is 11.8 Å². The van der Waals surface area contributed by atoms with Gasteiger partial charge >= 0.3 is 5.97 Å². The Labute approximate surface area is 128 Å². The SMILES string of the molecule is CCN1CCSC(=O)N1CCCc1ccc(C(=O)O)cc1. The molecule has 1 aromatic carbocycles. The fourth-order valence-corrected chi connectivity index (χ4v) is 3.19. The summed E-state index contributed by atoms with van der Waals surface area (Å²) in [5.41, 5.74) is 1.40. The Balaban J connectivity index is 1.85. The molecule has 0 unspecified atom stereocenters. The Morgan fingerprint density at radius 2 is 2.05 bits per heavy atom. The molecule has 1 amide bonds. The average molecular weight is 308 g/mol. The van der Waals surface area contributed by atoms with Gasteiger partial charge in [0.25, 0.3) is 5.24 Å². The second-order valence-electron chi connectivity index (χ2n) is 4.89. The van der Waals surface area contributed by atoms with E-state index >= 15 is 0 Å². The number of nitrogens with zero attached hydrogens (tertiary/aromatic N) is 2. The number of rotatable bonds is 6. The van der Waals surface area contributed by atoms with Crippen molar-refractivity contribution in [2.75, 3.05) is 25.4 Å². The smallest absolute Gasteiger partial charge is 0.335 e. The van der Waals surface area contributed by atoms with E-state index in [1.54, 1.807) is 12.1 Å². The number of carbonyl (C=O) groups excluding carboxylic acids is 1. The summed E-state index contributed by atoms with van der Waals surface area (Å²) in [7, 11) is 0. The maximum atomic E-state index is 11.9. The summed E-state index contributed by atoms with van der Waals surface area (Å²) in [5.74, 6) is -0.0455. The number of hydrogen-bond donors (Lipinski definition) is 1. The van der Waals surface area contributed by atoms with E-state index in [4.69, 9.17) is 5.11 Å². The summed E-state index contributed by atoms with van der Waals surface area (Å²) >= 11 is 1.38. The molecule has 0 saturated carbocycles. The van der Waals surface area contributed by atoms with E-state index in [-0.39, 0.29) is 5.24 Å². The molecule has 6 heteroatoms. The van der Waals surface area contributed by atoms with E-state index in [9.17, 15) is 9.59 Å². The van der Waals surface area contributed by atoms with Gasteiger partial charge in [0.05, 0.1) is 5.56 Å².